The van der Waals surface area contributed by atoms with E-state index >= 15 is 0 Å². The summed E-state index contributed by atoms with van der Waals surface area (Å²) in [4.78, 5) is 13.2. The predicted octanol–water partition coefficient (Wildman–Crippen LogP) is 3.63. The van der Waals surface area contributed by atoms with Crippen molar-refractivity contribution in [3.63, 3.8) is 0 Å². The third-order valence-electron chi connectivity index (χ3n) is 2.79. The van der Waals surface area contributed by atoms with Crippen molar-refractivity contribution in [1.82, 2.24) is 4.90 Å². The molecular formula is C13H17Br2NO3. The number of ether oxygens (including phenoxy) is 1. The van der Waals surface area contributed by atoms with Gasteiger partial charge in [-0.05, 0) is 57.1 Å². The molecule has 0 fully saturated rings. The van der Waals surface area contributed by atoms with Gasteiger partial charge in [0.2, 0.25) is 0 Å². The van der Waals surface area contributed by atoms with E-state index in [-0.39, 0.29) is 5.56 Å². The zero-order valence-corrected chi connectivity index (χ0v) is 14.1. The van der Waals surface area contributed by atoms with Gasteiger partial charge in [0.1, 0.15) is 12.4 Å². The molecule has 6 heteroatoms. The summed E-state index contributed by atoms with van der Waals surface area (Å²) in [7, 11) is 0. The van der Waals surface area contributed by atoms with Gasteiger partial charge in [-0.15, -0.1) is 0 Å². The van der Waals surface area contributed by atoms with Crippen LogP contribution in [0.2, 0.25) is 0 Å². The Morgan fingerprint density at radius 3 is 2.21 bits per heavy atom. The van der Waals surface area contributed by atoms with Crippen LogP contribution in [0.4, 0.5) is 0 Å². The molecule has 106 valence electrons. The molecule has 1 aromatic rings. The van der Waals surface area contributed by atoms with Gasteiger partial charge in [-0.25, -0.2) is 4.79 Å². The number of carboxylic acids is 1. The van der Waals surface area contributed by atoms with E-state index in [0.717, 1.165) is 19.6 Å². The minimum absolute atomic E-state index is 0.217. The highest BCUT2D eigenvalue weighted by Crippen LogP contribution is 2.34. The van der Waals surface area contributed by atoms with Crippen molar-refractivity contribution in [1.29, 1.82) is 0 Å². The van der Waals surface area contributed by atoms with Gasteiger partial charge in [0, 0.05) is 6.54 Å². The van der Waals surface area contributed by atoms with Crippen LogP contribution in [0.15, 0.2) is 21.1 Å². The highest BCUT2D eigenvalue weighted by Gasteiger charge is 2.13. The molecule has 0 radical (unpaired) electrons. The van der Waals surface area contributed by atoms with Crippen molar-refractivity contribution < 1.29 is 14.6 Å². The summed E-state index contributed by atoms with van der Waals surface area (Å²) in [6.45, 7) is 7.59. The van der Waals surface area contributed by atoms with Crippen molar-refractivity contribution in [2.24, 2.45) is 0 Å². The lowest BCUT2D eigenvalue weighted by Gasteiger charge is -2.19. The van der Waals surface area contributed by atoms with E-state index < -0.39 is 5.97 Å². The number of nitrogens with zero attached hydrogens (tertiary/aromatic N) is 1. The molecular weight excluding hydrogens is 378 g/mol. The number of carboxylic acid groups (broad SMARTS) is 1. The van der Waals surface area contributed by atoms with Crippen LogP contribution in [0.25, 0.3) is 0 Å². The number of aromatic carboxylic acids is 1. The topological polar surface area (TPSA) is 49.8 Å². The summed E-state index contributed by atoms with van der Waals surface area (Å²) in [6.07, 6.45) is 0. The second-order valence-electron chi connectivity index (χ2n) is 3.95. The number of likely N-dealkylation sites (N-methyl/N-ethyl adjacent to an activating group) is 1. The molecule has 0 aliphatic rings. The largest absolute Gasteiger partial charge is 0.490 e. The van der Waals surface area contributed by atoms with E-state index in [1.165, 1.54) is 0 Å². The number of benzene rings is 1. The third-order valence-corrected chi connectivity index (χ3v) is 3.97. The summed E-state index contributed by atoms with van der Waals surface area (Å²) >= 11 is 6.67. The maximum absolute atomic E-state index is 10.9. The molecule has 0 aromatic heterocycles. The molecule has 0 heterocycles. The Balaban J connectivity index is 2.71. The van der Waals surface area contributed by atoms with Crippen LogP contribution in [0.5, 0.6) is 5.75 Å². The Hall–Kier alpha value is -0.590. The fourth-order valence-corrected chi connectivity index (χ4v) is 3.05. The van der Waals surface area contributed by atoms with Gasteiger partial charge in [-0.3, -0.25) is 0 Å². The first-order valence-electron chi connectivity index (χ1n) is 6.07. The Bertz CT molecular complexity index is 425. The van der Waals surface area contributed by atoms with Gasteiger partial charge < -0.3 is 14.7 Å². The first-order chi connectivity index (χ1) is 8.99. The lowest BCUT2D eigenvalue weighted by molar-refractivity contribution is 0.0696. The molecule has 0 spiro atoms. The van der Waals surface area contributed by atoms with E-state index in [4.69, 9.17) is 9.84 Å². The highest BCUT2D eigenvalue weighted by molar-refractivity contribution is 9.11. The van der Waals surface area contributed by atoms with Crippen molar-refractivity contribution >= 4 is 37.8 Å². The number of hydrogen-bond acceptors (Lipinski definition) is 3. The third kappa shape index (κ3) is 4.78. The molecule has 0 atom stereocenters. The van der Waals surface area contributed by atoms with Crippen LogP contribution in [-0.4, -0.2) is 42.2 Å². The quantitative estimate of drug-likeness (QED) is 0.767. The summed E-state index contributed by atoms with van der Waals surface area (Å²) < 4.78 is 6.98. The summed E-state index contributed by atoms with van der Waals surface area (Å²) in [6, 6.07) is 3.08. The average Bonchev–Trinajstić information content (AvgIpc) is 2.37. The van der Waals surface area contributed by atoms with Crippen LogP contribution in [-0.2, 0) is 0 Å². The zero-order valence-electron chi connectivity index (χ0n) is 10.9. The van der Waals surface area contributed by atoms with Gasteiger partial charge in [0.15, 0.2) is 0 Å². The van der Waals surface area contributed by atoms with Crippen molar-refractivity contribution in [3.05, 3.63) is 26.6 Å². The maximum atomic E-state index is 10.9. The lowest BCUT2D eigenvalue weighted by atomic mass is 10.2. The average molecular weight is 395 g/mol. The second kappa shape index (κ2) is 7.87. The molecule has 1 aromatic carbocycles. The zero-order chi connectivity index (χ0) is 14.4. The fraction of sp³-hybridized carbons (Fsp3) is 0.462. The number of halogens is 2. The molecule has 0 bridgehead atoms. The Kier molecular flexibility index (Phi) is 6.82. The predicted molar refractivity (Wildman–Crippen MR) is 82.1 cm³/mol. The molecule has 1 rings (SSSR count). The normalized spacial score (nSPS) is 10.8. The first-order valence-corrected chi connectivity index (χ1v) is 7.65. The van der Waals surface area contributed by atoms with Gasteiger partial charge in [-0.1, -0.05) is 13.8 Å². The van der Waals surface area contributed by atoms with Gasteiger partial charge in [-0.2, -0.15) is 0 Å². The van der Waals surface area contributed by atoms with Crippen LogP contribution in [0.1, 0.15) is 24.2 Å². The minimum Gasteiger partial charge on any atom is -0.490 e. The van der Waals surface area contributed by atoms with Crippen molar-refractivity contribution in [2.75, 3.05) is 26.2 Å². The number of hydrogen-bond donors (Lipinski definition) is 1. The molecule has 0 unspecified atom stereocenters. The van der Waals surface area contributed by atoms with E-state index in [1.54, 1.807) is 12.1 Å². The molecule has 4 nitrogen and oxygen atoms in total. The summed E-state index contributed by atoms with van der Waals surface area (Å²) in [5.41, 5.74) is 0.217. The van der Waals surface area contributed by atoms with E-state index in [9.17, 15) is 4.79 Å². The number of rotatable bonds is 7. The molecule has 0 aliphatic carbocycles. The second-order valence-corrected chi connectivity index (χ2v) is 5.66. The SMILES string of the molecule is CCN(CC)CCOc1c(Br)cc(C(=O)O)cc1Br. The summed E-state index contributed by atoms with van der Waals surface area (Å²) in [5, 5.41) is 8.95. The molecule has 19 heavy (non-hydrogen) atoms. The van der Waals surface area contributed by atoms with E-state index in [1.807, 2.05) is 0 Å². The van der Waals surface area contributed by atoms with E-state index in [2.05, 4.69) is 50.6 Å². The van der Waals surface area contributed by atoms with Gasteiger partial charge in [0.05, 0.1) is 14.5 Å². The smallest absolute Gasteiger partial charge is 0.335 e. The fourth-order valence-electron chi connectivity index (χ4n) is 1.64. The van der Waals surface area contributed by atoms with E-state index in [0.29, 0.717) is 21.3 Å². The Morgan fingerprint density at radius 2 is 1.79 bits per heavy atom. The number of carbonyl (C=O) groups is 1. The molecule has 0 saturated carbocycles. The molecule has 0 amide bonds. The first kappa shape index (κ1) is 16.5. The minimum atomic E-state index is -0.962. The Morgan fingerprint density at radius 1 is 1.26 bits per heavy atom. The molecule has 0 saturated heterocycles. The van der Waals surface area contributed by atoms with Crippen LogP contribution in [0, 0.1) is 0 Å². The molecule has 1 N–H and O–H groups in total. The Labute approximate surface area is 130 Å². The maximum Gasteiger partial charge on any atom is 0.335 e. The molecule has 0 aliphatic heterocycles. The van der Waals surface area contributed by atoms with Crippen LogP contribution >= 0.6 is 31.9 Å². The van der Waals surface area contributed by atoms with Crippen LogP contribution in [0.3, 0.4) is 0 Å². The van der Waals surface area contributed by atoms with Crippen molar-refractivity contribution in [3.8, 4) is 5.75 Å². The monoisotopic (exact) mass is 393 g/mol. The highest BCUT2D eigenvalue weighted by atomic mass is 79.9. The lowest BCUT2D eigenvalue weighted by Crippen LogP contribution is -2.28. The van der Waals surface area contributed by atoms with Gasteiger partial charge in [0.25, 0.3) is 0 Å². The van der Waals surface area contributed by atoms with Gasteiger partial charge >= 0.3 is 5.97 Å². The summed E-state index contributed by atoms with van der Waals surface area (Å²) in [5.74, 6) is -0.326. The van der Waals surface area contributed by atoms with Crippen LogP contribution < -0.4 is 4.74 Å². The standard InChI is InChI=1S/C13H17Br2NO3/c1-3-16(4-2)5-6-19-12-10(14)7-9(13(17)18)8-11(12)15/h7-8H,3-6H2,1-2H3,(H,17,18). The van der Waals surface area contributed by atoms with Crippen molar-refractivity contribution in [2.45, 2.75) is 13.8 Å².